The van der Waals surface area contributed by atoms with Crippen LogP contribution in [0.5, 0.6) is 0 Å². The molecule has 0 unspecified atom stereocenters. The van der Waals surface area contributed by atoms with Gasteiger partial charge in [0.25, 0.3) is 0 Å². The van der Waals surface area contributed by atoms with Crippen LogP contribution in [0.15, 0.2) is 16.7 Å². The number of pyridine rings is 1. The van der Waals surface area contributed by atoms with E-state index < -0.39 is 0 Å². The molecule has 1 fully saturated rings. The van der Waals surface area contributed by atoms with Crippen LogP contribution < -0.4 is 5.32 Å². The number of halogens is 1. The summed E-state index contributed by atoms with van der Waals surface area (Å²) in [6.07, 6.45) is 4.02. The Bertz CT molecular complexity index is 664. The Labute approximate surface area is 126 Å². The number of rotatable bonds is 2. The molecule has 0 aromatic carbocycles. The van der Waals surface area contributed by atoms with E-state index in [1.54, 1.807) is 6.20 Å². The third-order valence-corrected chi connectivity index (χ3v) is 4.60. The number of hydrogen-bond acceptors (Lipinski definition) is 4. The number of nitrogens with one attached hydrogen (secondary N) is 2. The molecule has 6 heteroatoms. The molecule has 1 aliphatic heterocycles. The number of nitrogens with zero attached hydrogens (tertiary/aromatic N) is 3. The molecule has 2 N–H and O–H groups in total. The Balaban J connectivity index is 1.85. The third kappa shape index (κ3) is 2.51. The van der Waals surface area contributed by atoms with Crippen LogP contribution in [0.25, 0.3) is 10.9 Å². The number of piperidine rings is 1. The van der Waals surface area contributed by atoms with Crippen LogP contribution >= 0.6 is 15.9 Å². The summed E-state index contributed by atoms with van der Waals surface area (Å²) in [4.78, 5) is 9.83. The summed E-state index contributed by atoms with van der Waals surface area (Å²) in [7, 11) is 2.15. The van der Waals surface area contributed by atoms with Gasteiger partial charge in [-0.25, -0.2) is 4.98 Å². The van der Waals surface area contributed by atoms with Gasteiger partial charge in [0.1, 0.15) is 17.6 Å². The number of aromatic nitrogens is 2. The van der Waals surface area contributed by atoms with E-state index in [2.05, 4.69) is 49.2 Å². The average Bonchev–Trinajstić information content (AvgIpc) is 2.88. The molecule has 5 nitrogen and oxygen atoms in total. The Kier molecular flexibility index (Phi) is 3.64. The number of fused-ring (bicyclic) bond motifs is 1. The molecule has 1 saturated heterocycles. The Morgan fingerprint density at radius 3 is 2.95 bits per heavy atom. The highest BCUT2D eigenvalue weighted by Gasteiger charge is 2.18. The van der Waals surface area contributed by atoms with Gasteiger partial charge in [0, 0.05) is 11.4 Å². The van der Waals surface area contributed by atoms with Crippen molar-refractivity contribution in [2.45, 2.75) is 18.9 Å². The fourth-order valence-electron chi connectivity index (χ4n) is 2.57. The monoisotopic (exact) mass is 333 g/mol. The first-order valence-electron chi connectivity index (χ1n) is 6.70. The molecule has 0 saturated carbocycles. The maximum atomic E-state index is 8.95. The summed E-state index contributed by atoms with van der Waals surface area (Å²) in [5, 5.41) is 13.4. The van der Waals surface area contributed by atoms with Crippen molar-refractivity contribution in [3.05, 3.63) is 22.4 Å². The van der Waals surface area contributed by atoms with Gasteiger partial charge in [-0.1, -0.05) is 0 Å². The van der Waals surface area contributed by atoms with E-state index in [1.165, 1.54) is 0 Å². The molecule has 104 valence electrons. The summed E-state index contributed by atoms with van der Waals surface area (Å²) in [5.74, 6) is 0.857. The highest BCUT2D eigenvalue weighted by molar-refractivity contribution is 9.10. The molecular formula is C14H16BrN5. The molecule has 0 radical (unpaired) electrons. The van der Waals surface area contributed by atoms with Crippen LogP contribution in [-0.4, -0.2) is 41.0 Å². The van der Waals surface area contributed by atoms with Gasteiger partial charge in [0.05, 0.1) is 16.2 Å². The van der Waals surface area contributed by atoms with Crippen molar-refractivity contribution >= 4 is 32.7 Å². The van der Waals surface area contributed by atoms with Crippen LogP contribution in [0.1, 0.15) is 18.5 Å². The first-order chi connectivity index (χ1) is 9.67. The lowest BCUT2D eigenvalue weighted by atomic mass is 10.1. The molecule has 1 aliphatic rings. The van der Waals surface area contributed by atoms with Gasteiger partial charge in [-0.05, 0) is 55.0 Å². The van der Waals surface area contributed by atoms with Crippen molar-refractivity contribution < 1.29 is 0 Å². The summed E-state index contributed by atoms with van der Waals surface area (Å²) in [6, 6.07) is 4.43. The zero-order chi connectivity index (χ0) is 14.1. The molecule has 0 bridgehead atoms. The predicted octanol–water partition coefficient (Wildman–Crippen LogP) is 2.70. The number of anilines is 1. The van der Waals surface area contributed by atoms with E-state index in [0.29, 0.717) is 11.7 Å². The maximum Gasteiger partial charge on any atom is 0.141 e. The molecule has 3 rings (SSSR count). The first kappa shape index (κ1) is 13.4. The van der Waals surface area contributed by atoms with Gasteiger partial charge < -0.3 is 15.2 Å². The van der Waals surface area contributed by atoms with Crippen LogP contribution in [0.3, 0.4) is 0 Å². The smallest absolute Gasteiger partial charge is 0.141 e. The molecule has 3 heterocycles. The summed E-state index contributed by atoms with van der Waals surface area (Å²) >= 11 is 3.60. The number of hydrogen-bond donors (Lipinski definition) is 2. The number of nitriles is 1. The van der Waals surface area contributed by atoms with Crippen molar-refractivity contribution in [1.29, 1.82) is 5.26 Å². The van der Waals surface area contributed by atoms with E-state index in [9.17, 15) is 0 Å². The fourth-order valence-corrected chi connectivity index (χ4v) is 3.12. The number of likely N-dealkylation sites (tertiary alicyclic amines) is 1. The van der Waals surface area contributed by atoms with Crippen molar-refractivity contribution in [3.8, 4) is 6.07 Å². The highest BCUT2D eigenvalue weighted by atomic mass is 79.9. The SMILES string of the molecule is CN1CCC(Nc2ncc3[nH]c(C#N)cc3c2Br)CC1. The van der Waals surface area contributed by atoms with E-state index in [4.69, 9.17) is 5.26 Å². The van der Waals surface area contributed by atoms with Crippen LogP contribution in [0, 0.1) is 11.3 Å². The zero-order valence-corrected chi connectivity index (χ0v) is 12.9. The number of aromatic amines is 1. The molecule has 0 spiro atoms. The second-order valence-electron chi connectivity index (χ2n) is 5.26. The lowest BCUT2D eigenvalue weighted by Gasteiger charge is -2.30. The van der Waals surface area contributed by atoms with Crippen LogP contribution in [0.4, 0.5) is 5.82 Å². The van der Waals surface area contributed by atoms with Crippen molar-refractivity contribution in [2.75, 3.05) is 25.5 Å². The number of H-pyrrole nitrogens is 1. The zero-order valence-electron chi connectivity index (χ0n) is 11.3. The van der Waals surface area contributed by atoms with Gasteiger partial charge in [-0.15, -0.1) is 0 Å². The molecular weight excluding hydrogens is 318 g/mol. The van der Waals surface area contributed by atoms with Crippen LogP contribution in [0.2, 0.25) is 0 Å². The molecule has 0 aliphatic carbocycles. The molecule has 0 atom stereocenters. The van der Waals surface area contributed by atoms with Gasteiger partial charge in [-0.2, -0.15) is 5.26 Å². The molecule has 20 heavy (non-hydrogen) atoms. The maximum absolute atomic E-state index is 8.95. The lowest BCUT2D eigenvalue weighted by Crippen LogP contribution is -2.36. The first-order valence-corrected chi connectivity index (χ1v) is 7.49. The standard InChI is InChI=1S/C14H16BrN5/c1-20-4-2-9(3-5-20)19-14-13(15)11-6-10(7-16)18-12(11)8-17-14/h6,8-9,18H,2-5H2,1H3,(H,17,19). The molecule has 2 aromatic rings. The van der Waals surface area contributed by atoms with Gasteiger partial charge >= 0.3 is 0 Å². The van der Waals surface area contributed by atoms with Gasteiger partial charge in [0.2, 0.25) is 0 Å². The largest absolute Gasteiger partial charge is 0.366 e. The summed E-state index contributed by atoms with van der Waals surface area (Å²) in [5.41, 5.74) is 1.43. The molecule has 2 aromatic heterocycles. The quantitative estimate of drug-likeness (QED) is 0.886. The van der Waals surface area contributed by atoms with Crippen LogP contribution in [-0.2, 0) is 0 Å². The Morgan fingerprint density at radius 2 is 2.25 bits per heavy atom. The van der Waals surface area contributed by atoms with Crippen molar-refractivity contribution in [1.82, 2.24) is 14.9 Å². The summed E-state index contributed by atoms with van der Waals surface area (Å²) < 4.78 is 0.923. The minimum absolute atomic E-state index is 0.460. The van der Waals surface area contributed by atoms with E-state index in [-0.39, 0.29) is 0 Å². The van der Waals surface area contributed by atoms with Gasteiger partial charge in [0.15, 0.2) is 0 Å². The second kappa shape index (κ2) is 5.43. The fraction of sp³-hybridized carbons (Fsp3) is 0.429. The predicted molar refractivity (Wildman–Crippen MR) is 82.7 cm³/mol. The Morgan fingerprint density at radius 1 is 1.50 bits per heavy atom. The minimum Gasteiger partial charge on any atom is -0.366 e. The molecule has 0 amide bonds. The van der Waals surface area contributed by atoms with E-state index in [0.717, 1.165) is 47.1 Å². The Hall–Kier alpha value is -1.58. The lowest BCUT2D eigenvalue weighted by molar-refractivity contribution is 0.263. The normalized spacial score (nSPS) is 17.2. The average molecular weight is 334 g/mol. The third-order valence-electron chi connectivity index (χ3n) is 3.80. The van der Waals surface area contributed by atoms with Crippen molar-refractivity contribution in [3.63, 3.8) is 0 Å². The highest BCUT2D eigenvalue weighted by Crippen LogP contribution is 2.31. The van der Waals surface area contributed by atoms with E-state index in [1.807, 2.05) is 6.07 Å². The summed E-state index contributed by atoms with van der Waals surface area (Å²) in [6.45, 7) is 2.22. The topological polar surface area (TPSA) is 67.7 Å². The second-order valence-corrected chi connectivity index (χ2v) is 6.06. The van der Waals surface area contributed by atoms with Crippen molar-refractivity contribution in [2.24, 2.45) is 0 Å². The van der Waals surface area contributed by atoms with E-state index >= 15 is 0 Å². The minimum atomic E-state index is 0.460. The van der Waals surface area contributed by atoms with Gasteiger partial charge in [-0.3, -0.25) is 0 Å².